The summed E-state index contributed by atoms with van der Waals surface area (Å²) in [6.45, 7) is 6.55. The highest BCUT2D eigenvalue weighted by Gasteiger charge is 2.19. The quantitative estimate of drug-likeness (QED) is 0.622. The predicted molar refractivity (Wildman–Crippen MR) is 82.8 cm³/mol. The lowest BCUT2D eigenvalue weighted by Crippen LogP contribution is -2.41. The van der Waals surface area contributed by atoms with Crippen molar-refractivity contribution in [2.75, 3.05) is 40.5 Å². The van der Waals surface area contributed by atoms with Gasteiger partial charge < -0.3 is 9.47 Å². The summed E-state index contributed by atoms with van der Waals surface area (Å²) in [5, 5.41) is 0. The molecule has 0 amide bonds. The molecule has 1 rings (SSSR count). The first-order valence-electron chi connectivity index (χ1n) is 6.96. The van der Waals surface area contributed by atoms with Crippen molar-refractivity contribution in [2.24, 2.45) is 0 Å². The van der Waals surface area contributed by atoms with E-state index in [1.165, 1.54) is 4.88 Å². The number of hydrogen-bond acceptors (Lipinski definition) is 5. The molecule has 0 aliphatic rings. The number of methoxy groups -OCH3 is 2. The highest BCUT2D eigenvalue weighted by atomic mass is 32.1. The highest BCUT2D eigenvalue weighted by molar-refractivity contribution is 7.14. The molecule has 0 bridgehead atoms. The van der Waals surface area contributed by atoms with Crippen LogP contribution in [0.4, 0.5) is 0 Å². The smallest absolute Gasteiger partial charge is 0.186 e. The summed E-state index contributed by atoms with van der Waals surface area (Å²) >= 11 is 1.59. The molecule has 1 aromatic heterocycles. The van der Waals surface area contributed by atoms with Gasteiger partial charge in [-0.3, -0.25) is 9.69 Å². The van der Waals surface area contributed by atoms with Crippen LogP contribution < -0.4 is 0 Å². The number of aryl methyl sites for hydroxylation is 1. The molecule has 114 valence electrons. The molecule has 0 aromatic carbocycles. The summed E-state index contributed by atoms with van der Waals surface area (Å²) in [5.74, 6) is 0.175. The van der Waals surface area contributed by atoms with Gasteiger partial charge in [0.2, 0.25) is 0 Å². The third kappa shape index (κ3) is 5.32. The number of thiophene rings is 1. The molecule has 0 aliphatic carbocycles. The van der Waals surface area contributed by atoms with E-state index in [4.69, 9.17) is 9.47 Å². The summed E-state index contributed by atoms with van der Waals surface area (Å²) in [7, 11) is 3.35. The van der Waals surface area contributed by atoms with E-state index in [1.54, 1.807) is 25.6 Å². The number of ketones is 1. The van der Waals surface area contributed by atoms with Crippen LogP contribution in [-0.4, -0.2) is 57.2 Å². The van der Waals surface area contributed by atoms with E-state index in [0.29, 0.717) is 19.8 Å². The molecule has 1 unspecified atom stereocenters. The van der Waals surface area contributed by atoms with Crippen molar-refractivity contribution in [1.29, 1.82) is 0 Å². The molecule has 0 radical (unpaired) electrons. The van der Waals surface area contributed by atoms with Crippen LogP contribution in [0.3, 0.4) is 0 Å². The van der Waals surface area contributed by atoms with E-state index >= 15 is 0 Å². The first-order chi connectivity index (χ1) is 9.62. The number of rotatable bonds is 10. The molecule has 0 fully saturated rings. The lowest BCUT2D eigenvalue weighted by molar-refractivity contribution is 0.0653. The van der Waals surface area contributed by atoms with E-state index in [2.05, 4.69) is 18.7 Å². The molecule has 0 N–H and O–H groups in total. The second-order valence-electron chi connectivity index (χ2n) is 4.81. The first-order valence-corrected chi connectivity index (χ1v) is 7.77. The van der Waals surface area contributed by atoms with Crippen LogP contribution in [0.2, 0.25) is 0 Å². The van der Waals surface area contributed by atoms with E-state index in [1.807, 2.05) is 12.1 Å². The monoisotopic (exact) mass is 299 g/mol. The Morgan fingerprint density at radius 1 is 1.35 bits per heavy atom. The Labute approximate surface area is 125 Å². The molecule has 20 heavy (non-hydrogen) atoms. The molecular formula is C15H25NO3S. The Balaban J connectivity index is 2.64. The van der Waals surface area contributed by atoms with Crippen molar-refractivity contribution >= 4 is 17.1 Å². The van der Waals surface area contributed by atoms with Crippen LogP contribution in [0.25, 0.3) is 0 Å². The van der Waals surface area contributed by atoms with Gasteiger partial charge in [-0.2, -0.15) is 0 Å². The lowest BCUT2D eigenvalue weighted by atomic mass is 10.2. The molecular weight excluding hydrogens is 274 g/mol. The average molecular weight is 299 g/mol. The zero-order valence-electron chi connectivity index (χ0n) is 12.8. The summed E-state index contributed by atoms with van der Waals surface area (Å²) in [6.07, 6.45) is 0.978. The Morgan fingerprint density at radius 2 is 2.10 bits per heavy atom. The molecule has 0 saturated carbocycles. The average Bonchev–Trinajstić information content (AvgIpc) is 2.92. The number of Topliss-reactive ketones (excluding diaryl/α,β-unsaturated/α-hetero) is 1. The maximum Gasteiger partial charge on any atom is 0.186 e. The van der Waals surface area contributed by atoms with Crippen molar-refractivity contribution in [3.63, 3.8) is 0 Å². The van der Waals surface area contributed by atoms with Crippen LogP contribution in [0.15, 0.2) is 12.1 Å². The van der Waals surface area contributed by atoms with E-state index < -0.39 is 0 Å². The van der Waals surface area contributed by atoms with Crippen LogP contribution in [0.5, 0.6) is 0 Å². The lowest BCUT2D eigenvalue weighted by Gasteiger charge is -2.27. The topological polar surface area (TPSA) is 38.8 Å². The van der Waals surface area contributed by atoms with Crippen LogP contribution >= 0.6 is 11.3 Å². The number of nitrogens with zero attached hydrogens (tertiary/aromatic N) is 1. The van der Waals surface area contributed by atoms with E-state index in [0.717, 1.165) is 17.8 Å². The summed E-state index contributed by atoms with van der Waals surface area (Å²) < 4.78 is 10.3. The molecule has 5 heteroatoms. The third-order valence-corrected chi connectivity index (χ3v) is 4.52. The fraction of sp³-hybridized carbons (Fsp3) is 0.667. The van der Waals surface area contributed by atoms with Crippen molar-refractivity contribution in [3.8, 4) is 0 Å². The normalized spacial score (nSPS) is 12.8. The molecule has 0 spiro atoms. The summed E-state index contributed by atoms with van der Waals surface area (Å²) in [6, 6.07) is 4.17. The summed E-state index contributed by atoms with van der Waals surface area (Å²) in [5.41, 5.74) is 0. The maximum absolute atomic E-state index is 12.3. The van der Waals surface area contributed by atoms with Crippen LogP contribution in [-0.2, 0) is 15.9 Å². The molecule has 0 aliphatic heterocycles. The van der Waals surface area contributed by atoms with Gasteiger partial charge in [0.05, 0.1) is 24.6 Å². The zero-order chi connectivity index (χ0) is 15.0. The Kier molecular flexibility index (Phi) is 7.99. The summed E-state index contributed by atoms with van der Waals surface area (Å²) in [4.78, 5) is 16.5. The van der Waals surface area contributed by atoms with Crippen molar-refractivity contribution in [2.45, 2.75) is 26.3 Å². The fourth-order valence-electron chi connectivity index (χ4n) is 1.99. The van der Waals surface area contributed by atoms with Crippen LogP contribution in [0, 0.1) is 0 Å². The second kappa shape index (κ2) is 9.23. The number of carbonyl (C=O) groups excluding carboxylic acids is 1. The maximum atomic E-state index is 12.3. The Hall–Kier alpha value is -0.750. The molecule has 4 nitrogen and oxygen atoms in total. The first kappa shape index (κ1) is 17.3. The molecule has 1 atom stereocenters. The zero-order valence-corrected chi connectivity index (χ0v) is 13.7. The SMILES string of the molecule is CCc1ccc(C(=O)CN(CCOC)C(C)COC)s1. The van der Waals surface area contributed by atoms with Gasteiger partial charge in [-0.1, -0.05) is 6.92 Å². The predicted octanol–water partition coefficient (Wildman–Crippen LogP) is 2.48. The fourth-order valence-corrected chi connectivity index (χ4v) is 2.87. The molecule has 1 aromatic rings. The van der Waals surface area contributed by atoms with Gasteiger partial charge in [-0.15, -0.1) is 11.3 Å². The van der Waals surface area contributed by atoms with E-state index in [9.17, 15) is 4.79 Å². The number of hydrogen-bond donors (Lipinski definition) is 0. The van der Waals surface area contributed by atoms with Gasteiger partial charge in [0.15, 0.2) is 5.78 Å². The van der Waals surface area contributed by atoms with Gasteiger partial charge in [0.25, 0.3) is 0 Å². The van der Waals surface area contributed by atoms with Gasteiger partial charge in [0, 0.05) is 31.7 Å². The minimum Gasteiger partial charge on any atom is -0.383 e. The van der Waals surface area contributed by atoms with Gasteiger partial charge in [0.1, 0.15) is 0 Å². The minimum absolute atomic E-state index is 0.175. The van der Waals surface area contributed by atoms with Crippen LogP contribution in [0.1, 0.15) is 28.4 Å². The Bertz CT molecular complexity index is 406. The van der Waals surface area contributed by atoms with Gasteiger partial charge >= 0.3 is 0 Å². The van der Waals surface area contributed by atoms with Gasteiger partial charge in [-0.25, -0.2) is 0 Å². The Morgan fingerprint density at radius 3 is 2.65 bits per heavy atom. The largest absolute Gasteiger partial charge is 0.383 e. The van der Waals surface area contributed by atoms with E-state index in [-0.39, 0.29) is 11.8 Å². The van der Waals surface area contributed by atoms with Crippen molar-refractivity contribution < 1.29 is 14.3 Å². The minimum atomic E-state index is 0.175. The van der Waals surface area contributed by atoms with Gasteiger partial charge in [-0.05, 0) is 25.5 Å². The van der Waals surface area contributed by atoms with Crippen molar-refractivity contribution in [3.05, 3.63) is 21.9 Å². The molecule has 0 saturated heterocycles. The van der Waals surface area contributed by atoms with Crippen molar-refractivity contribution in [1.82, 2.24) is 4.90 Å². The standard InChI is InChI=1S/C15H25NO3S/c1-5-13-6-7-15(20-13)14(17)10-16(8-9-18-3)12(2)11-19-4/h6-7,12H,5,8-11H2,1-4H3. The highest BCUT2D eigenvalue weighted by Crippen LogP contribution is 2.18. The second-order valence-corrected chi connectivity index (χ2v) is 5.98. The number of ether oxygens (including phenoxy) is 2. The molecule has 1 heterocycles. The third-order valence-electron chi connectivity index (χ3n) is 3.25. The number of carbonyl (C=O) groups is 1.